The SMILES string of the molecule is CC(C)(C)[Si](C)(C)OC(CN1CCC(O)(c2cccs2)CC1)c1ccc2c(c1)CCC(=O)N2. The van der Waals surface area contributed by atoms with Crippen LogP contribution in [0.1, 0.15) is 62.1 Å². The number of nitrogens with zero attached hydrogens (tertiary/aromatic N) is 1. The van der Waals surface area contributed by atoms with Crippen LogP contribution in [0.15, 0.2) is 35.7 Å². The van der Waals surface area contributed by atoms with E-state index in [-0.39, 0.29) is 17.0 Å². The lowest BCUT2D eigenvalue weighted by Crippen LogP contribution is -2.47. The van der Waals surface area contributed by atoms with E-state index in [4.69, 9.17) is 4.43 Å². The van der Waals surface area contributed by atoms with E-state index < -0.39 is 13.9 Å². The van der Waals surface area contributed by atoms with Gasteiger partial charge in [-0.3, -0.25) is 4.79 Å². The first-order valence-corrected chi connectivity index (χ1v) is 15.8. The third-order valence-corrected chi connectivity index (χ3v) is 13.3. The van der Waals surface area contributed by atoms with E-state index in [0.29, 0.717) is 6.42 Å². The molecule has 1 fully saturated rings. The Morgan fingerprint density at radius 3 is 2.58 bits per heavy atom. The number of benzene rings is 1. The molecule has 1 amide bonds. The lowest BCUT2D eigenvalue weighted by atomic mass is 9.89. The molecule has 180 valence electrons. The third kappa shape index (κ3) is 5.43. The first-order valence-electron chi connectivity index (χ1n) is 12.1. The van der Waals surface area contributed by atoms with Crippen molar-refractivity contribution in [2.45, 2.75) is 76.3 Å². The predicted molar refractivity (Wildman–Crippen MR) is 138 cm³/mol. The zero-order chi connectivity index (χ0) is 23.9. The molecule has 33 heavy (non-hydrogen) atoms. The molecule has 3 heterocycles. The molecule has 2 aliphatic heterocycles. The van der Waals surface area contributed by atoms with Crippen molar-refractivity contribution in [2.75, 3.05) is 25.0 Å². The van der Waals surface area contributed by atoms with Gasteiger partial charge in [-0.2, -0.15) is 0 Å². The van der Waals surface area contributed by atoms with Gasteiger partial charge in [-0.15, -0.1) is 11.3 Å². The van der Waals surface area contributed by atoms with Crippen LogP contribution in [-0.4, -0.2) is 43.9 Å². The zero-order valence-electron chi connectivity index (χ0n) is 20.6. The van der Waals surface area contributed by atoms with Crippen LogP contribution in [0.4, 0.5) is 5.69 Å². The van der Waals surface area contributed by atoms with Gasteiger partial charge in [0.05, 0.1) is 6.10 Å². The van der Waals surface area contributed by atoms with Gasteiger partial charge in [0.2, 0.25) is 5.91 Å². The minimum absolute atomic E-state index is 0.0262. The number of carbonyl (C=O) groups excluding carboxylic acids is 1. The summed E-state index contributed by atoms with van der Waals surface area (Å²) in [6.07, 6.45) is 2.78. The number of carbonyl (C=O) groups is 1. The molecule has 1 unspecified atom stereocenters. The van der Waals surface area contributed by atoms with E-state index in [1.165, 1.54) is 11.1 Å². The Hall–Kier alpha value is -1.51. The number of anilines is 1. The highest BCUT2D eigenvalue weighted by Crippen LogP contribution is 2.41. The fraction of sp³-hybridized carbons (Fsp3) is 0.577. The van der Waals surface area contributed by atoms with Gasteiger partial charge in [-0.05, 0) is 66.0 Å². The van der Waals surface area contributed by atoms with Crippen LogP contribution in [0, 0.1) is 0 Å². The molecule has 0 saturated carbocycles. The van der Waals surface area contributed by atoms with Gasteiger partial charge in [-0.1, -0.05) is 39.0 Å². The van der Waals surface area contributed by atoms with E-state index in [9.17, 15) is 9.90 Å². The summed E-state index contributed by atoms with van der Waals surface area (Å²) < 4.78 is 6.98. The van der Waals surface area contributed by atoms with E-state index >= 15 is 0 Å². The van der Waals surface area contributed by atoms with Gasteiger partial charge in [0, 0.05) is 36.6 Å². The number of aliphatic hydroxyl groups is 1. The number of rotatable bonds is 6. The third-order valence-electron chi connectivity index (χ3n) is 7.73. The maximum absolute atomic E-state index is 11.8. The maximum atomic E-state index is 11.8. The van der Waals surface area contributed by atoms with Gasteiger partial charge < -0.3 is 19.7 Å². The van der Waals surface area contributed by atoms with Crippen LogP contribution in [0.25, 0.3) is 0 Å². The van der Waals surface area contributed by atoms with Crippen molar-refractivity contribution in [3.05, 3.63) is 51.7 Å². The van der Waals surface area contributed by atoms with Crippen LogP contribution in [-0.2, 0) is 21.2 Å². The molecule has 2 aromatic rings. The van der Waals surface area contributed by atoms with Crippen LogP contribution in [0.3, 0.4) is 0 Å². The fourth-order valence-electron chi connectivity index (χ4n) is 4.48. The molecule has 1 atom stereocenters. The second-order valence-corrected chi connectivity index (χ2v) is 16.8. The van der Waals surface area contributed by atoms with Crippen LogP contribution < -0.4 is 5.32 Å². The number of amides is 1. The monoisotopic (exact) mass is 486 g/mol. The molecule has 5 nitrogen and oxygen atoms in total. The number of likely N-dealkylation sites (tertiary alicyclic amines) is 1. The highest BCUT2D eigenvalue weighted by Gasteiger charge is 2.41. The molecule has 2 N–H and O–H groups in total. The van der Waals surface area contributed by atoms with Crippen LogP contribution >= 0.6 is 11.3 Å². The molecule has 2 aliphatic rings. The Balaban J connectivity index is 1.53. The van der Waals surface area contributed by atoms with Crippen LogP contribution in [0.2, 0.25) is 18.1 Å². The minimum Gasteiger partial charge on any atom is -0.409 e. The molecule has 4 rings (SSSR count). The molecule has 1 aromatic heterocycles. The highest BCUT2D eigenvalue weighted by molar-refractivity contribution is 7.10. The second-order valence-electron chi connectivity index (χ2n) is 11.1. The van der Waals surface area contributed by atoms with Gasteiger partial charge in [0.15, 0.2) is 8.32 Å². The Bertz CT molecular complexity index is 976. The summed E-state index contributed by atoms with van der Waals surface area (Å²) in [6, 6.07) is 10.5. The molecule has 1 saturated heterocycles. The van der Waals surface area contributed by atoms with E-state index in [1.54, 1.807) is 11.3 Å². The quantitative estimate of drug-likeness (QED) is 0.516. The molecular weight excluding hydrogens is 448 g/mol. The molecule has 0 spiro atoms. The van der Waals surface area contributed by atoms with Gasteiger partial charge in [0.1, 0.15) is 5.60 Å². The van der Waals surface area contributed by atoms with Crippen molar-refractivity contribution in [2.24, 2.45) is 0 Å². The molecule has 0 bridgehead atoms. The number of hydrogen-bond donors (Lipinski definition) is 2. The highest BCUT2D eigenvalue weighted by atomic mass is 32.1. The van der Waals surface area contributed by atoms with E-state index in [0.717, 1.165) is 49.5 Å². The topological polar surface area (TPSA) is 61.8 Å². The molecular formula is C26H38N2O3SSi. The first kappa shape index (κ1) is 24.6. The number of hydrogen-bond acceptors (Lipinski definition) is 5. The molecule has 0 aliphatic carbocycles. The number of piperidine rings is 1. The average Bonchev–Trinajstić information content (AvgIpc) is 3.29. The van der Waals surface area contributed by atoms with E-state index in [1.807, 2.05) is 17.5 Å². The van der Waals surface area contributed by atoms with Crippen molar-refractivity contribution in [3.63, 3.8) is 0 Å². The molecule has 0 radical (unpaired) electrons. The lowest BCUT2D eigenvalue weighted by Gasteiger charge is -2.43. The average molecular weight is 487 g/mol. The van der Waals surface area contributed by atoms with Crippen molar-refractivity contribution in [1.82, 2.24) is 4.90 Å². The Kier molecular flexibility index (Phi) is 6.91. The summed E-state index contributed by atoms with van der Waals surface area (Å²) in [6.45, 7) is 14.0. The van der Waals surface area contributed by atoms with Crippen molar-refractivity contribution in [3.8, 4) is 0 Å². The van der Waals surface area contributed by atoms with Crippen molar-refractivity contribution < 1.29 is 14.3 Å². The summed E-state index contributed by atoms with van der Waals surface area (Å²) >= 11 is 1.65. The standard InChI is InChI=1S/C26H38N2O3SSi/c1-25(2,3)33(4,5)31-22(20-8-10-21-19(17-20)9-11-24(29)27-21)18-28-14-12-26(30,13-15-28)23-7-6-16-32-23/h6-8,10,16-17,22,30H,9,11-15,18H2,1-5H3,(H,27,29). The van der Waals surface area contributed by atoms with Crippen molar-refractivity contribution in [1.29, 1.82) is 0 Å². The largest absolute Gasteiger partial charge is 0.409 e. The van der Waals surface area contributed by atoms with Crippen molar-refractivity contribution >= 4 is 31.2 Å². The van der Waals surface area contributed by atoms with Crippen LogP contribution in [0.5, 0.6) is 0 Å². The lowest BCUT2D eigenvalue weighted by molar-refractivity contribution is -0.116. The Morgan fingerprint density at radius 2 is 1.94 bits per heavy atom. The summed E-state index contributed by atoms with van der Waals surface area (Å²) in [7, 11) is -2.00. The summed E-state index contributed by atoms with van der Waals surface area (Å²) in [5, 5.41) is 16.3. The van der Waals surface area contributed by atoms with Gasteiger partial charge >= 0.3 is 0 Å². The molecule has 7 heteroatoms. The van der Waals surface area contributed by atoms with E-state index in [2.05, 4.69) is 62.3 Å². The normalized spacial score (nSPS) is 20.2. The summed E-state index contributed by atoms with van der Waals surface area (Å²) in [5.74, 6) is 0.0934. The van der Waals surface area contributed by atoms with Gasteiger partial charge in [-0.25, -0.2) is 0 Å². The predicted octanol–water partition coefficient (Wildman–Crippen LogP) is 5.68. The Labute approximate surface area is 203 Å². The number of thiophene rings is 1. The van der Waals surface area contributed by atoms with Gasteiger partial charge in [0.25, 0.3) is 0 Å². The minimum atomic E-state index is -2.00. The number of nitrogens with one attached hydrogen (secondary N) is 1. The molecule has 1 aromatic carbocycles. The number of fused-ring (bicyclic) bond motifs is 1. The number of aryl methyl sites for hydroxylation is 1. The second kappa shape index (κ2) is 9.27. The first-order chi connectivity index (χ1) is 15.5. The summed E-state index contributed by atoms with van der Waals surface area (Å²) in [5.41, 5.74) is 2.61. The smallest absolute Gasteiger partial charge is 0.224 e. The summed E-state index contributed by atoms with van der Waals surface area (Å²) in [4.78, 5) is 15.3. The maximum Gasteiger partial charge on any atom is 0.224 e. The zero-order valence-corrected chi connectivity index (χ0v) is 22.4. The Morgan fingerprint density at radius 1 is 1.21 bits per heavy atom. The fourth-order valence-corrected chi connectivity index (χ4v) is 6.64.